The van der Waals surface area contributed by atoms with Gasteiger partial charge in [0.25, 0.3) is 0 Å². The molecule has 1 aromatic carbocycles. The zero-order valence-electron chi connectivity index (χ0n) is 9.57. The number of ether oxygens (including phenoxy) is 1. The summed E-state index contributed by atoms with van der Waals surface area (Å²) in [6.45, 7) is 1.92. The first-order valence-corrected chi connectivity index (χ1v) is 5.33. The van der Waals surface area contributed by atoms with Crippen molar-refractivity contribution >= 4 is 6.29 Å². The number of hydrogen-bond donors (Lipinski definition) is 0. The second kappa shape index (κ2) is 5.00. The van der Waals surface area contributed by atoms with Gasteiger partial charge in [-0.15, -0.1) is 0 Å². The largest absolute Gasteiger partial charge is 0.491 e. The molecule has 0 atom stereocenters. The first-order valence-electron chi connectivity index (χ1n) is 5.33. The molecule has 5 heteroatoms. The number of carbonyl (C=O) groups is 1. The van der Waals surface area contributed by atoms with E-state index in [0.717, 1.165) is 0 Å². The molecule has 0 amide bonds. The molecule has 0 spiro atoms. The maximum Gasteiger partial charge on any atom is 0.201 e. The van der Waals surface area contributed by atoms with Crippen molar-refractivity contribution in [3.8, 4) is 17.1 Å². The van der Waals surface area contributed by atoms with Gasteiger partial charge < -0.3 is 9.15 Å². The minimum Gasteiger partial charge on any atom is -0.491 e. The zero-order valence-corrected chi connectivity index (χ0v) is 9.57. The highest BCUT2D eigenvalue weighted by Crippen LogP contribution is 2.30. The Bertz CT molecular complexity index is 576. The first kappa shape index (κ1) is 12.3. The predicted molar refractivity (Wildman–Crippen MR) is 60.6 cm³/mol. The second-order valence-corrected chi connectivity index (χ2v) is 3.49. The molecule has 2 aromatic rings. The van der Waals surface area contributed by atoms with Crippen LogP contribution in [0, 0.1) is 11.6 Å². The molecule has 0 bridgehead atoms. The fourth-order valence-electron chi connectivity index (χ4n) is 1.55. The van der Waals surface area contributed by atoms with E-state index in [-0.39, 0.29) is 29.4 Å². The molecule has 0 fully saturated rings. The number of hydrogen-bond acceptors (Lipinski definition) is 3. The topological polar surface area (TPSA) is 39.4 Å². The zero-order chi connectivity index (χ0) is 13.1. The Morgan fingerprint density at radius 1 is 1.22 bits per heavy atom. The minimum absolute atomic E-state index is 0.0518. The van der Waals surface area contributed by atoms with Gasteiger partial charge in [-0.25, -0.2) is 4.39 Å². The third-order valence-electron chi connectivity index (χ3n) is 2.36. The van der Waals surface area contributed by atoms with Crippen molar-refractivity contribution < 1.29 is 22.7 Å². The van der Waals surface area contributed by atoms with Crippen LogP contribution >= 0.6 is 0 Å². The Morgan fingerprint density at radius 2 is 2.00 bits per heavy atom. The summed E-state index contributed by atoms with van der Waals surface area (Å²) in [6.07, 6.45) is 0.492. The van der Waals surface area contributed by atoms with Crippen LogP contribution in [0.15, 0.2) is 28.7 Å². The van der Waals surface area contributed by atoms with E-state index in [1.165, 1.54) is 24.3 Å². The third-order valence-corrected chi connectivity index (χ3v) is 2.36. The summed E-state index contributed by atoms with van der Waals surface area (Å²) < 4.78 is 37.4. The van der Waals surface area contributed by atoms with Gasteiger partial charge in [0.1, 0.15) is 5.76 Å². The highest BCUT2D eigenvalue weighted by atomic mass is 19.2. The average Bonchev–Trinajstić information content (AvgIpc) is 2.84. The molecule has 0 saturated carbocycles. The van der Waals surface area contributed by atoms with Crippen LogP contribution in [0.3, 0.4) is 0 Å². The van der Waals surface area contributed by atoms with E-state index < -0.39 is 11.6 Å². The summed E-state index contributed by atoms with van der Waals surface area (Å²) >= 11 is 0. The second-order valence-electron chi connectivity index (χ2n) is 3.49. The van der Waals surface area contributed by atoms with Gasteiger partial charge in [0.2, 0.25) is 5.82 Å². The van der Waals surface area contributed by atoms with Crippen molar-refractivity contribution in [2.75, 3.05) is 6.61 Å². The number of benzene rings is 1. The monoisotopic (exact) mass is 252 g/mol. The Balaban J connectivity index is 2.46. The van der Waals surface area contributed by atoms with Crippen LogP contribution < -0.4 is 4.74 Å². The maximum atomic E-state index is 13.8. The molecule has 18 heavy (non-hydrogen) atoms. The molecule has 3 nitrogen and oxygen atoms in total. The predicted octanol–water partition coefficient (Wildman–Crippen LogP) is 3.44. The van der Waals surface area contributed by atoms with Gasteiger partial charge >= 0.3 is 0 Å². The van der Waals surface area contributed by atoms with Crippen molar-refractivity contribution in [2.45, 2.75) is 6.92 Å². The van der Waals surface area contributed by atoms with Gasteiger partial charge in [-0.05, 0) is 31.2 Å². The lowest BCUT2D eigenvalue weighted by Gasteiger charge is -2.07. The van der Waals surface area contributed by atoms with E-state index >= 15 is 0 Å². The Labute approximate surface area is 102 Å². The van der Waals surface area contributed by atoms with Crippen molar-refractivity contribution in [3.63, 3.8) is 0 Å². The molecule has 0 unspecified atom stereocenters. The number of carbonyl (C=O) groups excluding carboxylic acids is 1. The quantitative estimate of drug-likeness (QED) is 0.782. The van der Waals surface area contributed by atoms with Crippen LogP contribution in [-0.2, 0) is 0 Å². The lowest BCUT2D eigenvalue weighted by molar-refractivity contribution is 0.110. The summed E-state index contributed by atoms with van der Waals surface area (Å²) in [5.41, 5.74) is -0.0518. The molecule has 0 radical (unpaired) electrons. The van der Waals surface area contributed by atoms with E-state index in [1.807, 2.05) is 0 Å². The fourth-order valence-corrected chi connectivity index (χ4v) is 1.55. The van der Waals surface area contributed by atoms with Gasteiger partial charge in [-0.1, -0.05) is 0 Å². The summed E-state index contributed by atoms with van der Waals surface area (Å²) in [6, 6.07) is 5.45. The Hall–Kier alpha value is -2.17. The van der Waals surface area contributed by atoms with E-state index in [2.05, 4.69) is 0 Å². The number of furan rings is 1. The van der Waals surface area contributed by atoms with Gasteiger partial charge in [0.05, 0.1) is 12.2 Å². The van der Waals surface area contributed by atoms with Crippen molar-refractivity contribution in [3.05, 3.63) is 41.7 Å². The van der Waals surface area contributed by atoms with E-state index in [9.17, 15) is 13.6 Å². The lowest BCUT2D eigenvalue weighted by Crippen LogP contribution is -1.98. The SMILES string of the molecule is CCOc1ccc(-c2ccc(C=O)o2)c(F)c1F. The summed E-state index contributed by atoms with van der Waals surface area (Å²) in [7, 11) is 0. The van der Waals surface area contributed by atoms with E-state index in [4.69, 9.17) is 9.15 Å². The van der Waals surface area contributed by atoms with Crippen LogP contribution in [0.25, 0.3) is 11.3 Å². The normalized spacial score (nSPS) is 10.4. The van der Waals surface area contributed by atoms with Gasteiger partial charge in [-0.2, -0.15) is 4.39 Å². The van der Waals surface area contributed by atoms with Crippen molar-refractivity contribution in [1.82, 2.24) is 0 Å². The van der Waals surface area contributed by atoms with Crippen LogP contribution in [0.5, 0.6) is 5.75 Å². The highest BCUT2D eigenvalue weighted by Gasteiger charge is 2.17. The molecule has 2 rings (SSSR count). The van der Waals surface area contributed by atoms with Gasteiger partial charge in [0.15, 0.2) is 23.6 Å². The molecule has 0 N–H and O–H groups in total. The first-order chi connectivity index (χ1) is 8.67. The molecule has 1 aromatic heterocycles. The number of aldehydes is 1. The van der Waals surface area contributed by atoms with Crippen LogP contribution in [0.4, 0.5) is 8.78 Å². The van der Waals surface area contributed by atoms with Crippen LogP contribution in [0.1, 0.15) is 17.5 Å². The molecule has 1 heterocycles. The summed E-state index contributed by atoms with van der Waals surface area (Å²) in [5.74, 6) is -2.14. The molecular weight excluding hydrogens is 242 g/mol. The Kier molecular flexibility index (Phi) is 3.41. The molecule has 0 aliphatic heterocycles. The van der Waals surface area contributed by atoms with Crippen LogP contribution in [0.2, 0.25) is 0 Å². The molecule has 0 aliphatic carbocycles. The van der Waals surface area contributed by atoms with E-state index in [0.29, 0.717) is 6.29 Å². The van der Waals surface area contributed by atoms with Crippen molar-refractivity contribution in [1.29, 1.82) is 0 Å². The fraction of sp³-hybridized carbons (Fsp3) is 0.154. The highest BCUT2D eigenvalue weighted by molar-refractivity contribution is 5.73. The van der Waals surface area contributed by atoms with E-state index in [1.54, 1.807) is 6.92 Å². The smallest absolute Gasteiger partial charge is 0.201 e. The maximum absolute atomic E-state index is 13.8. The third kappa shape index (κ3) is 2.11. The number of halogens is 2. The molecular formula is C13H10F2O3. The minimum atomic E-state index is -1.07. The standard InChI is InChI=1S/C13H10F2O3/c1-2-17-11-6-4-9(12(14)13(11)15)10-5-3-8(7-16)18-10/h3-7H,2H2,1H3. The van der Waals surface area contributed by atoms with Gasteiger partial charge in [-0.3, -0.25) is 4.79 Å². The summed E-state index contributed by atoms with van der Waals surface area (Å²) in [5, 5.41) is 0. The number of rotatable bonds is 4. The van der Waals surface area contributed by atoms with Gasteiger partial charge in [0, 0.05) is 0 Å². The van der Waals surface area contributed by atoms with Crippen LogP contribution in [-0.4, -0.2) is 12.9 Å². The molecule has 94 valence electrons. The summed E-state index contributed by atoms with van der Waals surface area (Å²) in [4.78, 5) is 10.5. The Morgan fingerprint density at radius 3 is 2.61 bits per heavy atom. The molecule has 0 saturated heterocycles. The van der Waals surface area contributed by atoms with Crippen molar-refractivity contribution in [2.24, 2.45) is 0 Å². The lowest BCUT2D eigenvalue weighted by atomic mass is 10.1. The molecule has 0 aliphatic rings. The average molecular weight is 252 g/mol.